The molecule has 0 unspecified atom stereocenters. The standard InChI is InChI=1S/C33H31F4N3O6/c1-31(30(38)42)17-45-28-24(31)15-26(40-27(28)19-2-5-21(34)6-3-19)32(43,33(35,36)37)16-39-29(41)20-4-9-23(18-10-12-44-13-11-18)25(14-20)46-22-7-8-22/h2-6,9-10,14-15,22,43H,7-8,11-13,16-17H2,1H3,(H2,38,42)(H,39,41)/t31-,32-/m0/s1. The number of nitrogens with one attached hydrogen (secondary N) is 1. The number of carbonyl (C=O) groups excluding carboxylic acids is 2. The second-order valence-electron chi connectivity index (χ2n) is 11.8. The Morgan fingerprint density at radius 3 is 2.52 bits per heavy atom. The van der Waals surface area contributed by atoms with Crippen molar-refractivity contribution in [3.05, 3.63) is 82.8 Å². The number of aliphatic hydroxyl groups is 1. The molecule has 46 heavy (non-hydrogen) atoms. The van der Waals surface area contributed by atoms with Crippen molar-refractivity contribution in [3.8, 4) is 22.8 Å². The average Bonchev–Trinajstić information content (AvgIpc) is 3.79. The van der Waals surface area contributed by atoms with Gasteiger partial charge in [-0.05, 0) is 74.2 Å². The quantitative estimate of drug-likeness (QED) is 0.292. The fourth-order valence-electron chi connectivity index (χ4n) is 5.41. The van der Waals surface area contributed by atoms with Gasteiger partial charge in [-0.15, -0.1) is 0 Å². The summed E-state index contributed by atoms with van der Waals surface area (Å²) in [4.78, 5) is 29.8. The zero-order valence-electron chi connectivity index (χ0n) is 24.7. The van der Waals surface area contributed by atoms with Crippen LogP contribution in [0.5, 0.6) is 11.5 Å². The van der Waals surface area contributed by atoms with Crippen LogP contribution in [0.15, 0.2) is 54.6 Å². The Balaban J connectivity index is 1.36. The molecule has 1 fully saturated rings. The summed E-state index contributed by atoms with van der Waals surface area (Å²) < 4.78 is 75.1. The average molecular weight is 642 g/mol. The summed E-state index contributed by atoms with van der Waals surface area (Å²) in [6, 6.07) is 10.3. The molecule has 4 N–H and O–H groups in total. The first-order valence-electron chi connectivity index (χ1n) is 14.7. The van der Waals surface area contributed by atoms with Gasteiger partial charge in [0.25, 0.3) is 5.91 Å². The summed E-state index contributed by atoms with van der Waals surface area (Å²) in [5.74, 6) is -1.95. The molecule has 0 saturated heterocycles. The molecule has 0 bridgehead atoms. The number of hydrogen-bond acceptors (Lipinski definition) is 7. The first-order chi connectivity index (χ1) is 21.8. The van der Waals surface area contributed by atoms with Crippen molar-refractivity contribution in [3.63, 3.8) is 0 Å². The number of nitrogens with two attached hydrogens (primary N) is 1. The fourth-order valence-corrected chi connectivity index (χ4v) is 5.41. The third kappa shape index (κ3) is 5.80. The van der Waals surface area contributed by atoms with Crippen LogP contribution in [0.4, 0.5) is 17.6 Å². The number of pyridine rings is 1. The molecular weight excluding hydrogens is 610 g/mol. The topological polar surface area (TPSA) is 133 Å². The molecule has 2 atom stereocenters. The number of rotatable bonds is 9. The number of halogens is 4. The number of benzene rings is 2. The molecule has 13 heteroatoms. The fraction of sp³-hybridized carbons (Fsp3) is 0.364. The second-order valence-corrected chi connectivity index (χ2v) is 11.8. The largest absolute Gasteiger partial charge is 0.490 e. The van der Waals surface area contributed by atoms with Gasteiger partial charge in [-0.25, -0.2) is 9.37 Å². The first-order valence-corrected chi connectivity index (χ1v) is 14.7. The first kappa shape index (κ1) is 31.5. The lowest BCUT2D eigenvalue weighted by molar-refractivity contribution is -0.265. The van der Waals surface area contributed by atoms with Crippen LogP contribution < -0.4 is 20.5 Å². The molecule has 2 amide bonds. The minimum Gasteiger partial charge on any atom is -0.490 e. The van der Waals surface area contributed by atoms with Crippen LogP contribution in [0.2, 0.25) is 0 Å². The van der Waals surface area contributed by atoms with Crippen molar-refractivity contribution >= 4 is 17.4 Å². The Kier molecular flexibility index (Phi) is 8.01. The van der Waals surface area contributed by atoms with E-state index in [0.717, 1.165) is 42.2 Å². The number of alkyl halides is 3. The van der Waals surface area contributed by atoms with Gasteiger partial charge in [-0.1, -0.05) is 12.1 Å². The number of hydrogen-bond donors (Lipinski definition) is 3. The molecule has 2 aromatic carbocycles. The number of ether oxygens (including phenoxy) is 3. The normalized spacial score (nSPS) is 20.6. The minimum atomic E-state index is -5.34. The van der Waals surface area contributed by atoms with E-state index in [0.29, 0.717) is 25.4 Å². The molecule has 6 rings (SSSR count). The van der Waals surface area contributed by atoms with Crippen LogP contribution in [0.25, 0.3) is 16.8 Å². The molecule has 2 aliphatic heterocycles. The lowest BCUT2D eigenvalue weighted by Crippen LogP contribution is -2.51. The number of amides is 2. The number of fused-ring (bicyclic) bond motifs is 1. The highest BCUT2D eigenvalue weighted by Gasteiger charge is 2.57. The SMILES string of the molecule is C[C@]1(C(N)=O)COc2c1cc([C@@](O)(CNC(=O)c1ccc(C3=CCOCC3)c(OC3CC3)c1)C(F)(F)F)nc2-c1ccc(F)cc1. The van der Waals surface area contributed by atoms with Gasteiger partial charge >= 0.3 is 6.18 Å². The van der Waals surface area contributed by atoms with Crippen molar-refractivity contribution in [2.24, 2.45) is 5.73 Å². The molecule has 1 aromatic heterocycles. The second kappa shape index (κ2) is 11.7. The summed E-state index contributed by atoms with van der Waals surface area (Å²) in [5, 5.41) is 13.5. The van der Waals surface area contributed by atoms with Crippen LogP contribution in [0.3, 0.4) is 0 Å². The number of carbonyl (C=O) groups is 2. The van der Waals surface area contributed by atoms with E-state index in [-0.39, 0.29) is 40.8 Å². The molecule has 0 spiro atoms. The molecule has 1 aliphatic carbocycles. The highest BCUT2D eigenvalue weighted by Crippen LogP contribution is 2.48. The van der Waals surface area contributed by atoms with Gasteiger partial charge < -0.3 is 30.4 Å². The zero-order valence-corrected chi connectivity index (χ0v) is 24.7. The van der Waals surface area contributed by atoms with Gasteiger partial charge in [0.2, 0.25) is 11.5 Å². The summed E-state index contributed by atoms with van der Waals surface area (Å²) in [6.07, 6.45) is -1.10. The Morgan fingerprint density at radius 1 is 1.15 bits per heavy atom. The summed E-state index contributed by atoms with van der Waals surface area (Å²) in [5.41, 5.74) is 1.20. The predicted molar refractivity (Wildman–Crippen MR) is 157 cm³/mol. The maximum absolute atomic E-state index is 14.8. The van der Waals surface area contributed by atoms with Gasteiger partial charge in [-0.3, -0.25) is 9.59 Å². The molecule has 3 heterocycles. The van der Waals surface area contributed by atoms with E-state index in [1.165, 1.54) is 31.2 Å². The molecule has 0 radical (unpaired) electrons. The van der Waals surface area contributed by atoms with Crippen molar-refractivity contribution in [1.29, 1.82) is 0 Å². The number of nitrogens with zero attached hydrogens (tertiary/aromatic N) is 1. The maximum Gasteiger partial charge on any atom is 0.424 e. The smallest absolute Gasteiger partial charge is 0.424 e. The van der Waals surface area contributed by atoms with E-state index >= 15 is 0 Å². The Morgan fingerprint density at radius 2 is 1.89 bits per heavy atom. The van der Waals surface area contributed by atoms with E-state index < -0.39 is 47.1 Å². The number of primary amides is 1. The summed E-state index contributed by atoms with van der Waals surface area (Å²) in [7, 11) is 0. The molecule has 3 aliphatic rings. The summed E-state index contributed by atoms with van der Waals surface area (Å²) in [6.45, 7) is 0.748. The van der Waals surface area contributed by atoms with Crippen LogP contribution in [0, 0.1) is 5.82 Å². The number of aromatic nitrogens is 1. The third-order valence-corrected chi connectivity index (χ3v) is 8.50. The molecule has 3 aromatic rings. The predicted octanol–water partition coefficient (Wildman–Crippen LogP) is 4.55. The molecule has 1 saturated carbocycles. The lowest BCUT2D eigenvalue weighted by Gasteiger charge is -2.31. The van der Waals surface area contributed by atoms with Crippen molar-refractivity contribution in [2.75, 3.05) is 26.4 Å². The van der Waals surface area contributed by atoms with Crippen LogP contribution in [0.1, 0.15) is 53.4 Å². The zero-order chi connectivity index (χ0) is 32.9. The highest BCUT2D eigenvalue weighted by molar-refractivity contribution is 5.95. The Bertz CT molecular complexity index is 1720. The maximum atomic E-state index is 14.8. The highest BCUT2D eigenvalue weighted by atomic mass is 19.4. The minimum absolute atomic E-state index is 0.0101. The van der Waals surface area contributed by atoms with Crippen LogP contribution >= 0.6 is 0 Å². The van der Waals surface area contributed by atoms with E-state index in [4.69, 9.17) is 19.9 Å². The van der Waals surface area contributed by atoms with Crippen LogP contribution in [-0.2, 0) is 20.5 Å². The molecule has 242 valence electrons. The van der Waals surface area contributed by atoms with Gasteiger partial charge in [0, 0.05) is 22.3 Å². The van der Waals surface area contributed by atoms with Crippen molar-refractivity contribution in [2.45, 2.75) is 49.5 Å². The van der Waals surface area contributed by atoms with Gasteiger partial charge in [0.05, 0.1) is 31.6 Å². The molecule has 9 nitrogen and oxygen atoms in total. The lowest BCUT2D eigenvalue weighted by atomic mass is 9.81. The van der Waals surface area contributed by atoms with Gasteiger partial charge in [0.1, 0.15) is 35.0 Å². The van der Waals surface area contributed by atoms with Gasteiger partial charge in [-0.2, -0.15) is 13.2 Å². The van der Waals surface area contributed by atoms with Crippen molar-refractivity contribution in [1.82, 2.24) is 10.3 Å². The monoisotopic (exact) mass is 641 g/mol. The van der Waals surface area contributed by atoms with Crippen molar-refractivity contribution < 1.29 is 46.5 Å². The Hall–Kier alpha value is -4.49. The van der Waals surface area contributed by atoms with Crippen LogP contribution in [-0.4, -0.2) is 60.6 Å². The van der Waals surface area contributed by atoms with E-state index in [1.807, 2.05) is 6.08 Å². The van der Waals surface area contributed by atoms with E-state index in [2.05, 4.69) is 10.3 Å². The van der Waals surface area contributed by atoms with Gasteiger partial charge in [0.15, 0.2) is 0 Å². The summed E-state index contributed by atoms with van der Waals surface area (Å²) >= 11 is 0. The van der Waals surface area contributed by atoms with E-state index in [9.17, 15) is 32.3 Å². The Labute approximate surface area is 261 Å². The van der Waals surface area contributed by atoms with E-state index in [1.54, 1.807) is 6.07 Å². The third-order valence-electron chi connectivity index (χ3n) is 8.50. The molecular formula is C33H31F4N3O6.